The quantitative estimate of drug-likeness (QED) is 0.337. The standard InChI is InChI=1S/C36H43N5O7S/c1-47-24-13-16-27-30(17-24)38-29(22-9-5-4-6-10-22)19-32(27)48-25-18-31-33(42)39-36(35(44)40-49(45,46)26-14-15-26)20-23(36)11-7-2-3-8-12-28(37)34(43)41(31)21-25/h4-6,9-10,13,16-17,19,23,25-26,28,31H,2-3,7-8,11-12,14-15,18,20-21,37H2,1H3,(H,39,42)(H,40,44)/t23-,25-,28+,31+,36-/m1/s1. The van der Waals surface area contributed by atoms with E-state index >= 15 is 0 Å². The number of aromatic nitrogens is 1. The van der Waals surface area contributed by atoms with E-state index < -0.39 is 50.8 Å². The second kappa shape index (κ2) is 13.2. The van der Waals surface area contributed by atoms with E-state index in [1.165, 1.54) is 4.90 Å². The van der Waals surface area contributed by atoms with Gasteiger partial charge in [0.15, 0.2) is 0 Å². The Morgan fingerprint density at radius 1 is 1.02 bits per heavy atom. The Morgan fingerprint density at radius 3 is 2.51 bits per heavy atom. The highest BCUT2D eigenvalue weighted by atomic mass is 32.2. The fourth-order valence-corrected chi connectivity index (χ4v) is 8.67. The molecular formula is C36H43N5O7S. The zero-order valence-electron chi connectivity index (χ0n) is 27.6. The Hall–Kier alpha value is -4.23. The van der Waals surface area contributed by atoms with E-state index in [-0.39, 0.29) is 24.8 Å². The molecule has 0 unspecified atom stereocenters. The summed E-state index contributed by atoms with van der Waals surface area (Å²) in [5, 5.41) is 3.11. The molecule has 4 aliphatic rings. The minimum atomic E-state index is -3.81. The molecule has 3 amide bonds. The second-order valence-electron chi connectivity index (χ2n) is 13.9. The van der Waals surface area contributed by atoms with Crippen LogP contribution in [0.1, 0.15) is 64.2 Å². The molecule has 7 rings (SSSR count). The van der Waals surface area contributed by atoms with Gasteiger partial charge in [-0.15, -0.1) is 0 Å². The fraction of sp³-hybridized carbons (Fsp3) is 0.500. The maximum absolute atomic E-state index is 14.1. The first kappa shape index (κ1) is 33.3. The third kappa shape index (κ3) is 6.83. The molecule has 3 aromatic rings. The van der Waals surface area contributed by atoms with E-state index in [9.17, 15) is 22.8 Å². The summed E-state index contributed by atoms with van der Waals surface area (Å²) >= 11 is 0. The number of pyridine rings is 1. The normalized spacial score (nSPS) is 27.8. The van der Waals surface area contributed by atoms with E-state index in [1.807, 2.05) is 54.6 Å². The van der Waals surface area contributed by atoms with Crippen LogP contribution in [0.5, 0.6) is 11.5 Å². The predicted octanol–water partition coefficient (Wildman–Crippen LogP) is 3.42. The molecule has 260 valence electrons. The van der Waals surface area contributed by atoms with Crippen molar-refractivity contribution in [1.82, 2.24) is 19.9 Å². The van der Waals surface area contributed by atoms with E-state index in [1.54, 1.807) is 7.11 Å². The van der Waals surface area contributed by atoms with Crippen molar-refractivity contribution < 1.29 is 32.3 Å². The molecule has 5 atom stereocenters. The molecule has 2 aliphatic heterocycles. The van der Waals surface area contributed by atoms with Crippen LogP contribution in [0.2, 0.25) is 0 Å². The topological polar surface area (TPSA) is 170 Å². The van der Waals surface area contributed by atoms with E-state index in [4.69, 9.17) is 20.2 Å². The van der Waals surface area contributed by atoms with Gasteiger partial charge in [0.05, 0.1) is 36.2 Å². The molecule has 49 heavy (non-hydrogen) atoms. The van der Waals surface area contributed by atoms with Crippen LogP contribution in [0.3, 0.4) is 0 Å². The Balaban J connectivity index is 1.19. The minimum absolute atomic E-state index is 0.115. The molecule has 0 bridgehead atoms. The first-order valence-corrected chi connectivity index (χ1v) is 18.8. The zero-order chi connectivity index (χ0) is 34.3. The number of hydrogen-bond donors (Lipinski definition) is 3. The van der Waals surface area contributed by atoms with Gasteiger partial charge in [0, 0.05) is 29.5 Å². The van der Waals surface area contributed by atoms with Gasteiger partial charge in [0.2, 0.25) is 21.8 Å². The molecule has 2 aromatic carbocycles. The highest BCUT2D eigenvalue weighted by molar-refractivity contribution is 7.91. The second-order valence-corrected chi connectivity index (χ2v) is 15.8. The van der Waals surface area contributed by atoms with Crippen LogP contribution in [0, 0.1) is 5.92 Å². The molecule has 0 spiro atoms. The van der Waals surface area contributed by atoms with Crippen LogP contribution >= 0.6 is 0 Å². The molecule has 1 aromatic heterocycles. The third-order valence-corrected chi connectivity index (χ3v) is 12.2. The minimum Gasteiger partial charge on any atom is -0.497 e. The van der Waals surface area contributed by atoms with E-state index in [2.05, 4.69) is 10.0 Å². The number of nitrogens with one attached hydrogen (secondary N) is 2. The maximum atomic E-state index is 14.1. The predicted molar refractivity (Wildman–Crippen MR) is 183 cm³/mol. The lowest BCUT2D eigenvalue weighted by Crippen LogP contribution is -2.57. The number of fused-ring (bicyclic) bond motifs is 3. The molecule has 2 saturated carbocycles. The summed E-state index contributed by atoms with van der Waals surface area (Å²) in [5.74, 6) is -0.560. The number of amides is 3. The number of nitrogens with zero attached hydrogens (tertiary/aromatic N) is 2. The molecule has 0 radical (unpaired) electrons. The average Bonchev–Trinajstić information content (AvgIpc) is 4.02. The van der Waals surface area contributed by atoms with Gasteiger partial charge in [-0.25, -0.2) is 13.4 Å². The summed E-state index contributed by atoms with van der Waals surface area (Å²) in [6, 6.07) is 15.4. The largest absolute Gasteiger partial charge is 0.497 e. The number of carbonyl (C=O) groups is 3. The summed E-state index contributed by atoms with van der Waals surface area (Å²) < 4.78 is 39.8. The van der Waals surface area contributed by atoms with Gasteiger partial charge in [-0.05, 0) is 50.2 Å². The summed E-state index contributed by atoms with van der Waals surface area (Å²) in [5.41, 5.74) is 7.32. The molecule has 13 heteroatoms. The summed E-state index contributed by atoms with van der Waals surface area (Å²) in [7, 11) is -2.22. The van der Waals surface area contributed by atoms with Gasteiger partial charge in [0.25, 0.3) is 5.91 Å². The Bertz CT molecular complexity index is 1870. The molecule has 4 fully saturated rings. The van der Waals surface area contributed by atoms with Gasteiger partial charge in [-0.1, -0.05) is 56.0 Å². The number of sulfonamides is 1. The third-order valence-electron chi connectivity index (χ3n) is 10.4. The Morgan fingerprint density at radius 2 is 1.78 bits per heavy atom. The first-order valence-electron chi connectivity index (χ1n) is 17.2. The number of nitrogens with two attached hydrogens (primary N) is 1. The number of methoxy groups -OCH3 is 1. The van der Waals surface area contributed by atoms with E-state index in [0.29, 0.717) is 54.8 Å². The maximum Gasteiger partial charge on any atom is 0.259 e. The van der Waals surface area contributed by atoms with Crippen molar-refractivity contribution in [2.45, 2.75) is 93.2 Å². The number of benzene rings is 2. The molecule has 3 heterocycles. The summed E-state index contributed by atoms with van der Waals surface area (Å²) in [4.78, 5) is 47.9. The van der Waals surface area contributed by atoms with Crippen LogP contribution in [0.4, 0.5) is 0 Å². The van der Waals surface area contributed by atoms with Crippen molar-refractivity contribution in [3.63, 3.8) is 0 Å². The van der Waals surface area contributed by atoms with Crippen LogP contribution in [0.25, 0.3) is 22.2 Å². The molecule has 4 N–H and O–H groups in total. The van der Waals surface area contributed by atoms with Crippen molar-refractivity contribution in [1.29, 1.82) is 0 Å². The lowest BCUT2D eigenvalue weighted by molar-refractivity contribution is -0.140. The van der Waals surface area contributed by atoms with Crippen molar-refractivity contribution in [2.24, 2.45) is 11.7 Å². The summed E-state index contributed by atoms with van der Waals surface area (Å²) in [6.07, 6.45) is 5.52. The number of carbonyl (C=O) groups excluding carboxylic acids is 3. The van der Waals surface area contributed by atoms with Crippen LogP contribution < -0.4 is 25.2 Å². The van der Waals surface area contributed by atoms with Crippen LogP contribution in [-0.4, -0.2) is 78.7 Å². The number of hydrogen-bond acceptors (Lipinski definition) is 9. The van der Waals surface area contributed by atoms with Crippen LogP contribution in [0.15, 0.2) is 54.6 Å². The zero-order valence-corrected chi connectivity index (χ0v) is 28.4. The van der Waals surface area contributed by atoms with Gasteiger partial charge in [-0.3, -0.25) is 19.1 Å². The van der Waals surface area contributed by atoms with Crippen LogP contribution in [-0.2, 0) is 24.4 Å². The molecular weight excluding hydrogens is 646 g/mol. The highest BCUT2D eigenvalue weighted by Gasteiger charge is 2.62. The fourth-order valence-electron chi connectivity index (χ4n) is 7.31. The monoisotopic (exact) mass is 689 g/mol. The first-order chi connectivity index (χ1) is 23.6. The van der Waals surface area contributed by atoms with Gasteiger partial charge in [-0.2, -0.15) is 0 Å². The van der Waals surface area contributed by atoms with Crippen molar-refractivity contribution >= 4 is 38.6 Å². The average molecular weight is 690 g/mol. The van der Waals surface area contributed by atoms with Gasteiger partial charge >= 0.3 is 0 Å². The smallest absolute Gasteiger partial charge is 0.259 e. The SMILES string of the molecule is COc1ccc2c(O[C@@H]3C[C@H]4C(=O)N[C@]5(C(=O)NS(=O)(=O)C6CC6)C[C@H]5CCCCCC[C@H](N)C(=O)N4C3)cc(-c3ccccc3)nc2c1. The highest BCUT2D eigenvalue weighted by Crippen LogP contribution is 2.48. The Labute approximate surface area is 286 Å². The number of rotatable bonds is 7. The Kier molecular flexibility index (Phi) is 8.99. The van der Waals surface area contributed by atoms with Gasteiger partial charge in [0.1, 0.15) is 29.2 Å². The van der Waals surface area contributed by atoms with Crippen molar-refractivity contribution in [3.05, 3.63) is 54.6 Å². The lowest BCUT2D eigenvalue weighted by atomic mass is 10.0. The summed E-state index contributed by atoms with van der Waals surface area (Å²) in [6.45, 7) is 0.115. The molecule has 12 nitrogen and oxygen atoms in total. The number of ether oxygens (including phenoxy) is 2. The molecule has 2 saturated heterocycles. The molecule has 2 aliphatic carbocycles. The van der Waals surface area contributed by atoms with Crippen molar-refractivity contribution in [2.75, 3.05) is 13.7 Å². The van der Waals surface area contributed by atoms with Gasteiger partial charge < -0.3 is 25.4 Å². The lowest BCUT2D eigenvalue weighted by Gasteiger charge is -2.28. The van der Waals surface area contributed by atoms with E-state index in [0.717, 1.165) is 36.6 Å². The van der Waals surface area contributed by atoms with Crippen molar-refractivity contribution in [3.8, 4) is 22.8 Å².